The highest BCUT2D eigenvalue weighted by Gasteiger charge is 2.08. The maximum Gasteiger partial charge on any atom is 0.101 e. The molecule has 0 heterocycles. The van der Waals surface area contributed by atoms with Gasteiger partial charge >= 0.3 is 0 Å². The summed E-state index contributed by atoms with van der Waals surface area (Å²) < 4.78 is 0. The van der Waals surface area contributed by atoms with Gasteiger partial charge in [0.2, 0.25) is 0 Å². The average molecular weight is 302 g/mol. The van der Waals surface area contributed by atoms with Crippen LogP contribution in [0.3, 0.4) is 0 Å². The van der Waals surface area contributed by atoms with Crippen molar-refractivity contribution in [2.24, 2.45) is 0 Å². The second kappa shape index (κ2) is 6.30. The summed E-state index contributed by atoms with van der Waals surface area (Å²) in [5, 5.41) is 22.4. The monoisotopic (exact) mass is 301 g/mol. The fraction of sp³-hybridized carbons (Fsp3) is 0.0667. The molecule has 0 unspecified atom stereocenters. The molecule has 0 aliphatic heterocycles. The van der Waals surface area contributed by atoms with E-state index in [1.165, 1.54) is 0 Å². The van der Waals surface area contributed by atoms with E-state index in [1.54, 1.807) is 36.4 Å². The molecule has 98 valence electrons. The van der Waals surface area contributed by atoms with Gasteiger partial charge in [0.1, 0.15) is 12.1 Å². The first kappa shape index (κ1) is 14.2. The van der Waals surface area contributed by atoms with Crippen molar-refractivity contribution < 1.29 is 0 Å². The van der Waals surface area contributed by atoms with Gasteiger partial charge in [-0.2, -0.15) is 10.5 Å². The predicted molar refractivity (Wildman–Crippen MR) is 79.7 cm³/mol. The molecule has 0 aromatic heterocycles. The lowest BCUT2D eigenvalue weighted by Gasteiger charge is -2.11. The number of para-hydroxylation sites is 1. The fourth-order valence-corrected chi connectivity index (χ4v) is 2.25. The third-order valence-corrected chi connectivity index (χ3v) is 3.36. The zero-order chi connectivity index (χ0) is 14.5. The number of rotatable bonds is 3. The summed E-state index contributed by atoms with van der Waals surface area (Å²) in [6.07, 6.45) is 0. The summed E-state index contributed by atoms with van der Waals surface area (Å²) in [5.41, 5.74) is 2.21. The summed E-state index contributed by atoms with van der Waals surface area (Å²) in [5.74, 6) is 0. The summed E-state index contributed by atoms with van der Waals surface area (Å²) in [6.45, 7) is 0.406. The van der Waals surface area contributed by atoms with Gasteiger partial charge in [0, 0.05) is 16.6 Å². The summed E-state index contributed by atoms with van der Waals surface area (Å²) in [6, 6.07) is 14.3. The van der Waals surface area contributed by atoms with Gasteiger partial charge < -0.3 is 5.32 Å². The van der Waals surface area contributed by atoms with Crippen molar-refractivity contribution in [2.75, 3.05) is 5.32 Å². The fourth-order valence-electron chi connectivity index (χ4n) is 1.78. The minimum Gasteiger partial charge on any atom is -0.379 e. The largest absolute Gasteiger partial charge is 0.379 e. The predicted octanol–water partition coefficient (Wildman–Crippen LogP) is 4.35. The Morgan fingerprint density at radius 1 is 1.00 bits per heavy atom. The van der Waals surface area contributed by atoms with Crippen molar-refractivity contribution >= 4 is 28.9 Å². The number of nitrogens with one attached hydrogen (secondary N) is 1. The molecular weight excluding hydrogens is 293 g/mol. The highest BCUT2D eigenvalue weighted by atomic mass is 35.5. The van der Waals surface area contributed by atoms with Crippen LogP contribution in [0.4, 0.5) is 5.69 Å². The molecule has 0 aliphatic carbocycles. The minimum atomic E-state index is 0.406. The first-order valence-electron chi connectivity index (χ1n) is 5.76. The Morgan fingerprint density at radius 3 is 2.20 bits per heavy atom. The molecule has 5 heteroatoms. The minimum absolute atomic E-state index is 0.406. The molecule has 0 fully saturated rings. The first-order chi connectivity index (χ1) is 9.65. The number of nitriles is 2. The summed E-state index contributed by atoms with van der Waals surface area (Å²) in [4.78, 5) is 0. The Morgan fingerprint density at radius 2 is 1.65 bits per heavy atom. The molecule has 0 bridgehead atoms. The van der Waals surface area contributed by atoms with Gasteiger partial charge in [-0.3, -0.25) is 0 Å². The number of anilines is 1. The highest BCUT2D eigenvalue weighted by Crippen LogP contribution is 2.24. The van der Waals surface area contributed by atoms with Crippen LogP contribution in [-0.4, -0.2) is 0 Å². The van der Waals surface area contributed by atoms with E-state index in [1.807, 2.05) is 0 Å². The number of hydrogen-bond donors (Lipinski definition) is 1. The van der Waals surface area contributed by atoms with Crippen molar-refractivity contribution in [3.63, 3.8) is 0 Å². The van der Waals surface area contributed by atoms with Crippen LogP contribution in [0.5, 0.6) is 0 Å². The number of hydrogen-bond acceptors (Lipinski definition) is 3. The van der Waals surface area contributed by atoms with Crippen LogP contribution in [0.25, 0.3) is 0 Å². The molecule has 3 nitrogen and oxygen atoms in total. The average Bonchev–Trinajstić information content (AvgIpc) is 2.46. The van der Waals surface area contributed by atoms with Gasteiger partial charge in [0.15, 0.2) is 0 Å². The van der Waals surface area contributed by atoms with Crippen molar-refractivity contribution in [2.45, 2.75) is 6.54 Å². The molecule has 1 N–H and O–H groups in total. The van der Waals surface area contributed by atoms with E-state index < -0.39 is 0 Å². The van der Waals surface area contributed by atoms with E-state index in [0.717, 1.165) is 5.56 Å². The Hall–Kier alpha value is -2.20. The van der Waals surface area contributed by atoms with E-state index in [4.69, 9.17) is 33.7 Å². The van der Waals surface area contributed by atoms with Crippen LogP contribution >= 0.6 is 23.2 Å². The van der Waals surface area contributed by atoms with Crippen LogP contribution in [-0.2, 0) is 6.54 Å². The maximum atomic E-state index is 9.08. The molecule has 0 amide bonds. The van der Waals surface area contributed by atoms with Gasteiger partial charge in [0.05, 0.1) is 16.8 Å². The molecular formula is C15H9Cl2N3. The third-order valence-electron chi connectivity index (χ3n) is 2.78. The topological polar surface area (TPSA) is 59.6 Å². The van der Waals surface area contributed by atoms with Gasteiger partial charge in [-0.25, -0.2) is 0 Å². The maximum absolute atomic E-state index is 9.08. The number of nitrogens with zero attached hydrogens (tertiary/aromatic N) is 2. The van der Waals surface area contributed by atoms with Gasteiger partial charge in [-0.15, -0.1) is 0 Å². The van der Waals surface area contributed by atoms with Gasteiger partial charge in [-0.1, -0.05) is 35.3 Å². The second-order valence-electron chi connectivity index (χ2n) is 4.04. The molecule has 0 spiro atoms. The molecule has 0 atom stereocenters. The van der Waals surface area contributed by atoms with Crippen LogP contribution < -0.4 is 5.32 Å². The van der Waals surface area contributed by atoms with Crippen LogP contribution in [0, 0.1) is 22.7 Å². The van der Waals surface area contributed by atoms with E-state index in [-0.39, 0.29) is 0 Å². The quantitative estimate of drug-likeness (QED) is 0.917. The lowest BCUT2D eigenvalue weighted by atomic mass is 10.1. The zero-order valence-corrected chi connectivity index (χ0v) is 11.8. The van der Waals surface area contributed by atoms with Crippen LogP contribution in [0.1, 0.15) is 16.7 Å². The van der Waals surface area contributed by atoms with Gasteiger partial charge in [-0.05, 0) is 29.8 Å². The Kier molecular flexibility index (Phi) is 4.48. The van der Waals surface area contributed by atoms with Crippen molar-refractivity contribution in [1.82, 2.24) is 0 Å². The normalized spacial score (nSPS) is 9.60. The number of benzene rings is 2. The molecule has 2 rings (SSSR count). The molecule has 2 aromatic rings. The molecule has 0 radical (unpaired) electrons. The Bertz CT molecular complexity index is 695. The smallest absolute Gasteiger partial charge is 0.101 e. The van der Waals surface area contributed by atoms with E-state index in [0.29, 0.717) is 33.4 Å². The molecule has 0 saturated carbocycles. The number of halogens is 2. The summed E-state index contributed by atoms with van der Waals surface area (Å²) >= 11 is 11.9. The zero-order valence-electron chi connectivity index (χ0n) is 10.3. The van der Waals surface area contributed by atoms with E-state index >= 15 is 0 Å². The molecule has 2 aromatic carbocycles. The van der Waals surface area contributed by atoms with Gasteiger partial charge in [0.25, 0.3) is 0 Å². The molecule has 0 aliphatic rings. The van der Waals surface area contributed by atoms with Crippen molar-refractivity contribution in [3.8, 4) is 12.1 Å². The standard InChI is InChI=1S/C15H9Cl2N3/c16-13-5-4-12(14(17)6-13)9-20-15-10(7-18)2-1-3-11(15)8-19/h1-6,20H,9H2. The lowest BCUT2D eigenvalue weighted by molar-refractivity contribution is 1.14. The Balaban J connectivity index is 2.28. The van der Waals surface area contributed by atoms with Crippen molar-refractivity contribution in [3.05, 3.63) is 63.1 Å². The molecule has 0 saturated heterocycles. The Labute approximate surface area is 127 Å². The van der Waals surface area contributed by atoms with E-state index in [2.05, 4.69) is 17.5 Å². The summed E-state index contributed by atoms with van der Waals surface area (Å²) in [7, 11) is 0. The van der Waals surface area contributed by atoms with Crippen molar-refractivity contribution in [1.29, 1.82) is 10.5 Å². The van der Waals surface area contributed by atoms with Crippen LogP contribution in [0.15, 0.2) is 36.4 Å². The third kappa shape index (κ3) is 3.03. The van der Waals surface area contributed by atoms with Crippen LogP contribution in [0.2, 0.25) is 10.0 Å². The lowest BCUT2D eigenvalue weighted by Crippen LogP contribution is -2.04. The highest BCUT2D eigenvalue weighted by molar-refractivity contribution is 6.35. The first-order valence-corrected chi connectivity index (χ1v) is 6.52. The second-order valence-corrected chi connectivity index (χ2v) is 4.88. The van der Waals surface area contributed by atoms with E-state index in [9.17, 15) is 0 Å². The SMILES string of the molecule is N#Cc1cccc(C#N)c1NCc1ccc(Cl)cc1Cl. The molecule has 20 heavy (non-hydrogen) atoms.